The van der Waals surface area contributed by atoms with E-state index in [1.54, 1.807) is 0 Å². The van der Waals surface area contributed by atoms with E-state index in [4.69, 9.17) is 0 Å². The van der Waals surface area contributed by atoms with Gasteiger partial charge in [-0.2, -0.15) is 0 Å². The minimum Gasteiger partial charge on any atom is -0.390 e. The van der Waals surface area contributed by atoms with Crippen molar-refractivity contribution in [2.45, 2.75) is 98.0 Å². The maximum atomic E-state index is 9.46. The van der Waals surface area contributed by atoms with Gasteiger partial charge in [-0.25, -0.2) is 0 Å². The second-order valence-corrected chi connectivity index (χ2v) is 5.39. The van der Waals surface area contributed by atoms with E-state index in [0.717, 1.165) is 6.42 Å². The second-order valence-electron chi connectivity index (χ2n) is 5.39. The van der Waals surface area contributed by atoms with E-state index in [1.807, 2.05) is 13.8 Å². The summed E-state index contributed by atoms with van der Waals surface area (Å²) in [4.78, 5) is 0. The van der Waals surface area contributed by atoms with Crippen LogP contribution in [-0.4, -0.2) is 10.7 Å². The average Bonchev–Trinajstić information content (AvgIpc) is 2.16. The van der Waals surface area contributed by atoms with Crippen LogP contribution in [-0.2, 0) is 0 Å². The lowest BCUT2D eigenvalue weighted by atomic mass is 10.00. The van der Waals surface area contributed by atoms with E-state index < -0.39 is 5.60 Å². The lowest BCUT2D eigenvalue weighted by Gasteiger charge is -2.16. The highest BCUT2D eigenvalue weighted by Gasteiger charge is 2.10. The molecule has 0 radical (unpaired) electrons. The lowest BCUT2D eigenvalue weighted by molar-refractivity contribution is 0.0680. The minimum absolute atomic E-state index is 0.455. The van der Waals surface area contributed by atoms with Gasteiger partial charge in [0.25, 0.3) is 0 Å². The van der Waals surface area contributed by atoms with Gasteiger partial charge in [0.15, 0.2) is 0 Å². The largest absolute Gasteiger partial charge is 0.390 e. The zero-order chi connectivity index (χ0) is 12.9. The minimum atomic E-state index is -0.455. The van der Waals surface area contributed by atoms with Gasteiger partial charge in [0, 0.05) is 0 Å². The van der Waals surface area contributed by atoms with Crippen LogP contribution in [0.1, 0.15) is 92.4 Å². The first-order chi connectivity index (χ1) is 7.47. The Morgan fingerprint density at radius 1 is 0.750 bits per heavy atom. The lowest BCUT2D eigenvalue weighted by Crippen LogP contribution is -2.17. The fraction of sp³-hybridized carbons (Fsp3) is 1.00. The summed E-state index contributed by atoms with van der Waals surface area (Å²) in [6.45, 7) is 10.3. The number of rotatable bonds is 8. The molecule has 0 aromatic heterocycles. The molecule has 0 aromatic carbocycles. The number of aliphatic hydroxyl groups is 1. The first-order valence-electron chi connectivity index (χ1n) is 7.20. The summed E-state index contributed by atoms with van der Waals surface area (Å²) < 4.78 is 0. The monoisotopic (exact) mass is 230 g/mol. The number of hydrogen-bond acceptors (Lipinski definition) is 1. The summed E-state index contributed by atoms with van der Waals surface area (Å²) in [6.07, 6.45) is 11.5. The molecule has 0 rings (SSSR count). The molecule has 0 amide bonds. The molecule has 16 heavy (non-hydrogen) atoms. The zero-order valence-electron chi connectivity index (χ0n) is 12.3. The molecule has 100 valence electrons. The molecular weight excluding hydrogens is 196 g/mol. The van der Waals surface area contributed by atoms with Gasteiger partial charge in [0.1, 0.15) is 0 Å². The summed E-state index contributed by atoms with van der Waals surface area (Å²) >= 11 is 0. The highest BCUT2D eigenvalue weighted by molar-refractivity contribution is 4.64. The SMILES string of the molecule is CCC.CCCCCCCCCC(C)(C)O. The van der Waals surface area contributed by atoms with Crippen LogP contribution in [0.25, 0.3) is 0 Å². The van der Waals surface area contributed by atoms with Crippen molar-refractivity contribution in [3.63, 3.8) is 0 Å². The van der Waals surface area contributed by atoms with E-state index >= 15 is 0 Å². The molecule has 0 saturated heterocycles. The summed E-state index contributed by atoms with van der Waals surface area (Å²) in [5.41, 5.74) is -0.455. The number of unbranched alkanes of at least 4 members (excludes halogenated alkanes) is 6. The molecule has 0 aliphatic heterocycles. The van der Waals surface area contributed by atoms with E-state index in [-0.39, 0.29) is 0 Å². The highest BCUT2D eigenvalue weighted by Crippen LogP contribution is 2.14. The Kier molecular flexibility index (Phi) is 14.9. The Bertz CT molecular complexity index is 113. The zero-order valence-corrected chi connectivity index (χ0v) is 12.3. The number of hydrogen-bond donors (Lipinski definition) is 1. The Labute approximate surface area is 104 Å². The maximum absolute atomic E-state index is 9.46. The molecule has 0 aliphatic rings. The molecule has 1 heteroatoms. The molecule has 1 N–H and O–H groups in total. The van der Waals surface area contributed by atoms with Crippen molar-refractivity contribution in [3.8, 4) is 0 Å². The third-order valence-electron chi connectivity index (χ3n) is 2.39. The van der Waals surface area contributed by atoms with Crippen molar-refractivity contribution < 1.29 is 5.11 Å². The van der Waals surface area contributed by atoms with Crippen LogP contribution >= 0.6 is 0 Å². The molecule has 0 atom stereocenters. The Morgan fingerprint density at radius 2 is 1.12 bits per heavy atom. The average molecular weight is 230 g/mol. The Morgan fingerprint density at radius 3 is 1.50 bits per heavy atom. The molecule has 0 saturated carbocycles. The molecule has 1 nitrogen and oxygen atoms in total. The Hall–Kier alpha value is -0.0400. The smallest absolute Gasteiger partial charge is 0.0591 e. The van der Waals surface area contributed by atoms with Gasteiger partial charge >= 0.3 is 0 Å². The maximum Gasteiger partial charge on any atom is 0.0591 e. The van der Waals surface area contributed by atoms with Crippen LogP contribution in [0, 0.1) is 0 Å². The molecule has 0 bridgehead atoms. The van der Waals surface area contributed by atoms with Gasteiger partial charge in [0.05, 0.1) is 5.60 Å². The van der Waals surface area contributed by atoms with E-state index in [1.165, 1.54) is 51.4 Å². The summed E-state index contributed by atoms with van der Waals surface area (Å²) in [7, 11) is 0. The van der Waals surface area contributed by atoms with E-state index in [0.29, 0.717) is 0 Å². The van der Waals surface area contributed by atoms with Gasteiger partial charge in [-0.05, 0) is 20.3 Å². The third-order valence-corrected chi connectivity index (χ3v) is 2.39. The van der Waals surface area contributed by atoms with Crippen LogP contribution in [0.4, 0.5) is 0 Å². The first kappa shape index (κ1) is 18.3. The van der Waals surface area contributed by atoms with Crippen molar-refractivity contribution in [1.82, 2.24) is 0 Å². The van der Waals surface area contributed by atoms with E-state index in [2.05, 4.69) is 20.8 Å². The molecule has 0 aliphatic carbocycles. The predicted molar refractivity (Wildman–Crippen MR) is 74.9 cm³/mol. The van der Waals surface area contributed by atoms with Crippen molar-refractivity contribution in [1.29, 1.82) is 0 Å². The summed E-state index contributed by atoms with van der Waals surface area (Å²) in [5.74, 6) is 0. The van der Waals surface area contributed by atoms with Gasteiger partial charge in [-0.3, -0.25) is 0 Å². The first-order valence-corrected chi connectivity index (χ1v) is 7.20. The fourth-order valence-electron chi connectivity index (χ4n) is 1.51. The van der Waals surface area contributed by atoms with Crippen LogP contribution < -0.4 is 0 Å². The van der Waals surface area contributed by atoms with Gasteiger partial charge in [-0.1, -0.05) is 72.1 Å². The molecule has 0 spiro atoms. The summed E-state index contributed by atoms with van der Waals surface area (Å²) in [5, 5.41) is 9.46. The van der Waals surface area contributed by atoms with E-state index in [9.17, 15) is 5.11 Å². The second kappa shape index (κ2) is 13.0. The van der Waals surface area contributed by atoms with Crippen molar-refractivity contribution in [2.24, 2.45) is 0 Å². The molecule has 0 heterocycles. The topological polar surface area (TPSA) is 20.2 Å². The molecular formula is C15H34O. The van der Waals surface area contributed by atoms with Gasteiger partial charge in [0.2, 0.25) is 0 Å². The summed E-state index contributed by atoms with van der Waals surface area (Å²) in [6, 6.07) is 0. The third kappa shape index (κ3) is 23.6. The quantitative estimate of drug-likeness (QED) is 0.560. The normalized spacial score (nSPS) is 10.9. The van der Waals surface area contributed by atoms with Crippen molar-refractivity contribution in [2.75, 3.05) is 0 Å². The fourth-order valence-corrected chi connectivity index (χ4v) is 1.51. The molecule has 0 fully saturated rings. The van der Waals surface area contributed by atoms with Gasteiger partial charge in [-0.15, -0.1) is 0 Å². The van der Waals surface area contributed by atoms with Crippen LogP contribution in [0.3, 0.4) is 0 Å². The van der Waals surface area contributed by atoms with Crippen LogP contribution in [0.15, 0.2) is 0 Å². The van der Waals surface area contributed by atoms with Crippen molar-refractivity contribution in [3.05, 3.63) is 0 Å². The van der Waals surface area contributed by atoms with Crippen LogP contribution in [0.5, 0.6) is 0 Å². The van der Waals surface area contributed by atoms with Crippen LogP contribution in [0.2, 0.25) is 0 Å². The van der Waals surface area contributed by atoms with Gasteiger partial charge < -0.3 is 5.11 Å². The predicted octanol–water partition coefficient (Wildman–Crippen LogP) is 5.31. The molecule has 0 aromatic rings. The Balaban J connectivity index is 0. The standard InChI is InChI=1S/C12H26O.C3H8/c1-4-5-6-7-8-9-10-11-12(2,3)13;1-3-2/h13H,4-11H2,1-3H3;3H2,1-2H3. The van der Waals surface area contributed by atoms with Crippen molar-refractivity contribution >= 4 is 0 Å². The highest BCUT2D eigenvalue weighted by atomic mass is 16.3. The molecule has 0 unspecified atom stereocenters.